The van der Waals surface area contributed by atoms with Crippen LogP contribution in [0.15, 0.2) is 29.2 Å². The molecular formula is C13H19FN2O5S. The van der Waals surface area contributed by atoms with Crippen LogP contribution in [0.2, 0.25) is 0 Å². The third kappa shape index (κ3) is 5.58. The Kier molecular flexibility index (Phi) is 7.22. The number of halogens is 1. The summed E-state index contributed by atoms with van der Waals surface area (Å²) in [6.45, 7) is 1.25. The molecule has 0 aromatic heterocycles. The van der Waals surface area contributed by atoms with Gasteiger partial charge in [0, 0.05) is 0 Å². The molecule has 0 radical (unpaired) electrons. The summed E-state index contributed by atoms with van der Waals surface area (Å²) in [4.78, 5) is 11.1. The predicted molar refractivity (Wildman–Crippen MR) is 76.9 cm³/mol. The molecule has 0 fully saturated rings. The maximum atomic E-state index is 12.0. The molecule has 1 rings (SSSR count). The van der Waals surface area contributed by atoms with Crippen molar-refractivity contribution < 1.29 is 27.5 Å². The molecule has 1 aromatic carbocycles. The number of alkyl halides is 1. The molecule has 124 valence electrons. The van der Waals surface area contributed by atoms with Crippen LogP contribution in [0, 0.1) is 0 Å². The van der Waals surface area contributed by atoms with Crippen molar-refractivity contribution in [1.82, 2.24) is 10.2 Å². The number of amides is 1. The molecule has 1 atom stereocenters. The van der Waals surface area contributed by atoms with Crippen LogP contribution in [0.25, 0.3) is 0 Å². The van der Waals surface area contributed by atoms with Gasteiger partial charge in [0.05, 0.1) is 18.2 Å². The van der Waals surface area contributed by atoms with Gasteiger partial charge in [-0.1, -0.05) is 0 Å². The average molecular weight is 334 g/mol. The molecule has 0 saturated carbocycles. The van der Waals surface area contributed by atoms with Gasteiger partial charge in [0.25, 0.3) is 5.91 Å². The first kappa shape index (κ1) is 18.3. The molecule has 0 aliphatic carbocycles. The fraction of sp³-hybridized carbons (Fsp3) is 0.462. The fourth-order valence-corrected chi connectivity index (χ4v) is 2.76. The van der Waals surface area contributed by atoms with E-state index in [1.807, 2.05) is 0 Å². The van der Waals surface area contributed by atoms with E-state index in [4.69, 9.17) is 9.94 Å². The maximum Gasteiger partial charge on any atom is 0.261 e. The zero-order chi connectivity index (χ0) is 16.6. The van der Waals surface area contributed by atoms with Crippen molar-refractivity contribution >= 4 is 15.9 Å². The second-order valence-electron chi connectivity index (χ2n) is 4.53. The van der Waals surface area contributed by atoms with Crippen LogP contribution in [-0.4, -0.2) is 38.9 Å². The quantitative estimate of drug-likeness (QED) is 0.355. The molecule has 0 aliphatic rings. The summed E-state index contributed by atoms with van der Waals surface area (Å²) >= 11 is 0. The minimum atomic E-state index is -3.89. The minimum absolute atomic E-state index is 0.0406. The molecule has 22 heavy (non-hydrogen) atoms. The Balaban J connectivity index is 2.66. The second kappa shape index (κ2) is 8.66. The molecule has 0 aliphatic heterocycles. The average Bonchev–Trinajstić information content (AvgIpc) is 2.50. The van der Waals surface area contributed by atoms with Crippen molar-refractivity contribution in [1.29, 1.82) is 0 Å². The Hall–Kier alpha value is -1.71. The zero-order valence-electron chi connectivity index (χ0n) is 12.1. The SMILES string of the molecule is C[C@@H](NS(=O)(=O)c1ccc(OCCCCF)cc1)C(=O)NO. The van der Waals surface area contributed by atoms with Crippen LogP contribution in [0.1, 0.15) is 19.8 Å². The Morgan fingerprint density at radius 2 is 1.95 bits per heavy atom. The van der Waals surface area contributed by atoms with Gasteiger partial charge in [0.15, 0.2) is 0 Å². The van der Waals surface area contributed by atoms with Crippen LogP contribution in [0.5, 0.6) is 5.75 Å². The fourth-order valence-electron chi connectivity index (χ4n) is 1.55. The summed E-state index contributed by atoms with van der Waals surface area (Å²) in [6.07, 6.45) is 0.993. The molecule has 3 N–H and O–H groups in total. The standard InChI is InChI=1S/C13H19FN2O5S/c1-10(13(17)15-18)16-22(19,20)12-6-4-11(5-7-12)21-9-3-2-8-14/h4-7,10,16,18H,2-3,8-9H2,1H3,(H,15,17)/t10-/m1/s1. The van der Waals surface area contributed by atoms with Crippen LogP contribution < -0.4 is 14.9 Å². The highest BCUT2D eigenvalue weighted by molar-refractivity contribution is 7.89. The first-order valence-corrected chi connectivity index (χ1v) is 8.14. The number of sulfonamides is 1. The topological polar surface area (TPSA) is 105 Å². The van der Waals surface area contributed by atoms with E-state index in [1.165, 1.54) is 36.7 Å². The van der Waals surface area contributed by atoms with Gasteiger partial charge in [-0.25, -0.2) is 13.9 Å². The molecule has 0 bridgehead atoms. The zero-order valence-corrected chi connectivity index (χ0v) is 12.9. The van der Waals surface area contributed by atoms with Gasteiger partial charge < -0.3 is 4.74 Å². The number of hydroxylamine groups is 1. The van der Waals surface area contributed by atoms with Gasteiger partial charge >= 0.3 is 0 Å². The van der Waals surface area contributed by atoms with Crippen LogP contribution >= 0.6 is 0 Å². The van der Waals surface area contributed by atoms with Crippen LogP contribution in [0.3, 0.4) is 0 Å². The van der Waals surface area contributed by atoms with E-state index in [-0.39, 0.29) is 4.90 Å². The number of ether oxygens (including phenoxy) is 1. The third-order valence-corrected chi connectivity index (χ3v) is 4.32. The Bertz CT molecular complexity index is 577. The van der Waals surface area contributed by atoms with E-state index < -0.39 is 28.6 Å². The summed E-state index contributed by atoms with van der Waals surface area (Å²) in [5.74, 6) is -0.393. The minimum Gasteiger partial charge on any atom is -0.494 e. The van der Waals surface area contributed by atoms with Crippen LogP contribution in [-0.2, 0) is 14.8 Å². The molecular weight excluding hydrogens is 315 g/mol. The Morgan fingerprint density at radius 1 is 1.32 bits per heavy atom. The summed E-state index contributed by atoms with van der Waals surface area (Å²) in [5.41, 5.74) is 1.37. The smallest absolute Gasteiger partial charge is 0.261 e. The first-order valence-electron chi connectivity index (χ1n) is 6.66. The third-order valence-electron chi connectivity index (χ3n) is 2.77. The van der Waals surface area contributed by atoms with E-state index in [9.17, 15) is 17.6 Å². The molecule has 0 heterocycles. The van der Waals surface area contributed by atoms with Crippen molar-refractivity contribution in [2.75, 3.05) is 13.3 Å². The lowest BCUT2D eigenvalue weighted by Crippen LogP contribution is -2.43. The van der Waals surface area contributed by atoms with E-state index >= 15 is 0 Å². The molecule has 0 saturated heterocycles. The number of rotatable bonds is 9. The van der Waals surface area contributed by atoms with Gasteiger partial charge in [0.2, 0.25) is 10.0 Å². The van der Waals surface area contributed by atoms with Gasteiger partial charge in [-0.05, 0) is 44.0 Å². The number of hydrogen-bond donors (Lipinski definition) is 3. The van der Waals surface area contributed by atoms with Crippen LogP contribution in [0.4, 0.5) is 4.39 Å². The van der Waals surface area contributed by atoms with Crippen molar-refractivity contribution in [2.24, 2.45) is 0 Å². The normalized spacial score (nSPS) is 12.7. The van der Waals surface area contributed by atoms with Gasteiger partial charge in [-0.2, -0.15) is 4.72 Å². The molecule has 7 nitrogen and oxygen atoms in total. The number of hydrogen-bond acceptors (Lipinski definition) is 5. The number of benzene rings is 1. The summed E-state index contributed by atoms with van der Waals surface area (Å²) in [6, 6.07) is 4.49. The van der Waals surface area contributed by atoms with Gasteiger partial charge in [0.1, 0.15) is 11.8 Å². The highest BCUT2D eigenvalue weighted by Crippen LogP contribution is 2.16. The number of carbonyl (C=O) groups excluding carboxylic acids is 1. The number of unbranched alkanes of at least 4 members (excludes halogenated alkanes) is 1. The van der Waals surface area contributed by atoms with E-state index in [1.54, 1.807) is 0 Å². The van der Waals surface area contributed by atoms with Crippen molar-refractivity contribution in [3.05, 3.63) is 24.3 Å². The monoisotopic (exact) mass is 334 g/mol. The van der Waals surface area contributed by atoms with Crippen molar-refractivity contribution in [2.45, 2.75) is 30.7 Å². The number of carbonyl (C=O) groups is 1. The lowest BCUT2D eigenvalue weighted by atomic mass is 10.3. The van der Waals surface area contributed by atoms with Crippen molar-refractivity contribution in [3.63, 3.8) is 0 Å². The van der Waals surface area contributed by atoms with E-state index in [2.05, 4.69) is 4.72 Å². The lowest BCUT2D eigenvalue weighted by molar-refractivity contribution is -0.130. The van der Waals surface area contributed by atoms with Crippen molar-refractivity contribution in [3.8, 4) is 5.75 Å². The first-order chi connectivity index (χ1) is 10.4. The van der Waals surface area contributed by atoms with Gasteiger partial charge in [-0.15, -0.1) is 0 Å². The Labute approximate surface area is 128 Å². The highest BCUT2D eigenvalue weighted by Gasteiger charge is 2.21. The number of nitrogens with one attached hydrogen (secondary N) is 2. The molecule has 0 unspecified atom stereocenters. The second-order valence-corrected chi connectivity index (χ2v) is 6.25. The summed E-state index contributed by atoms with van der Waals surface area (Å²) < 4.78 is 43.4. The maximum absolute atomic E-state index is 12.0. The largest absolute Gasteiger partial charge is 0.494 e. The summed E-state index contributed by atoms with van der Waals surface area (Å²) in [5, 5.41) is 8.46. The van der Waals surface area contributed by atoms with E-state index in [0.29, 0.717) is 25.2 Å². The molecule has 0 spiro atoms. The predicted octanol–water partition coefficient (Wildman–Crippen LogP) is 0.987. The highest BCUT2D eigenvalue weighted by atomic mass is 32.2. The summed E-state index contributed by atoms with van der Waals surface area (Å²) in [7, 11) is -3.89. The molecule has 1 amide bonds. The Morgan fingerprint density at radius 3 is 2.50 bits per heavy atom. The van der Waals surface area contributed by atoms with E-state index in [0.717, 1.165) is 0 Å². The molecule has 1 aromatic rings. The van der Waals surface area contributed by atoms with Gasteiger partial charge in [-0.3, -0.25) is 14.4 Å². The lowest BCUT2D eigenvalue weighted by Gasteiger charge is -2.12. The molecule has 9 heteroatoms.